The molecule has 20 heavy (non-hydrogen) atoms. The van der Waals surface area contributed by atoms with E-state index >= 15 is 0 Å². The van der Waals surface area contributed by atoms with E-state index in [0.717, 1.165) is 43.2 Å². The Morgan fingerprint density at radius 2 is 2.20 bits per heavy atom. The molecule has 4 heteroatoms. The summed E-state index contributed by atoms with van der Waals surface area (Å²) in [5, 5.41) is 0. The fourth-order valence-electron chi connectivity index (χ4n) is 2.54. The van der Waals surface area contributed by atoms with Crippen LogP contribution in [-0.2, 0) is 6.54 Å². The molecule has 0 bridgehead atoms. The summed E-state index contributed by atoms with van der Waals surface area (Å²) in [7, 11) is 0. The van der Waals surface area contributed by atoms with Crippen LogP contribution in [0.4, 0.5) is 5.69 Å². The zero-order valence-corrected chi connectivity index (χ0v) is 11.4. The van der Waals surface area contributed by atoms with Crippen LogP contribution in [0.2, 0.25) is 0 Å². The van der Waals surface area contributed by atoms with Gasteiger partial charge >= 0.3 is 0 Å². The Hall–Kier alpha value is -2.07. The molecule has 4 nitrogen and oxygen atoms in total. The minimum absolute atomic E-state index is 0.237. The monoisotopic (exact) mass is 269 g/mol. The molecule has 1 aromatic carbocycles. The van der Waals surface area contributed by atoms with Gasteiger partial charge in [-0.2, -0.15) is 0 Å². The molecule has 0 spiro atoms. The highest BCUT2D eigenvalue weighted by molar-refractivity contribution is 5.43. The van der Waals surface area contributed by atoms with E-state index in [9.17, 15) is 0 Å². The lowest BCUT2D eigenvalue weighted by Gasteiger charge is -2.16. The molecule has 1 aliphatic heterocycles. The molecule has 104 valence electrons. The van der Waals surface area contributed by atoms with E-state index in [0.29, 0.717) is 0 Å². The van der Waals surface area contributed by atoms with Gasteiger partial charge in [0.15, 0.2) is 0 Å². The van der Waals surface area contributed by atoms with E-state index in [-0.39, 0.29) is 6.10 Å². The Balaban J connectivity index is 1.54. The third-order valence-electron chi connectivity index (χ3n) is 3.50. The molecule has 2 aromatic rings. The van der Waals surface area contributed by atoms with Crippen LogP contribution in [0.25, 0.3) is 0 Å². The highest BCUT2D eigenvalue weighted by Crippen LogP contribution is 2.21. The van der Waals surface area contributed by atoms with Crippen molar-refractivity contribution in [1.82, 2.24) is 9.88 Å². The van der Waals surface area contributed by atoms with Gasteiger partial charge in [0.1, 0.15) is 11.9 Å². The lowest BCUT2D eigenvalue weighted by atomic mass is 10.3. The summed E-state index contributed by atoms with van der Waals surface area (Å²) >= 11 is 0. The second-order valence-electron chi connectivity index (χ2n) is 5.16. The summed E-state index contributed by atoms with van der Waals surface area (Å²) in [4.78, 5) is 6.74. The standard InChI is InChI=1S/C16H19N3O/c17-13-4-3-6-15(10-13)20-16-7-9-19(12-16)11-14-5-1-2-8-18-14/h1-6,8,10,16H,7,9,11-12,17H2. The van der Waals surface area contributed by atoms with Crippen molar-refractivity contribution in [1.29, 1.82) is 0 Å². The zero-order chi connectivity index (χ0) is 13.8. The number of hydrogen-bond donors (Lipinski definition) is 1. The number of ether oxygens (including phenoxy) is 1. The summed E-state index contributed by atoms with van der Waals surface area (Å²) in [6, 6.07) is 13.7. The summed E-state index contributed by atoms with van der Waals surface area (Å²) in [6.07, 6.45) is 3.12. The van der Waals surface area contributed by atoms with Crippen LogP contribution < -0.4 is 10.5 Å². The van der Waals surface area contributed by atoms with Crippen molar-refractivity contribution in [2.75, 3.05) is 18.8 Å². The van der Waals surface area contributed by atoms with Crippen molar-refractivity contribution in [3.8, 4) is 5.75 Å². The average Bonchev–Trinajstić information content (AvgIpc) is 2.87. The van der Waals surface area contributed by atoms with Crippen molar-refractivity contribution in [2.45, 2.75) is 19.1 Å². The second kappa shape index (κ2) is 5.92. The minimum Gasteiger partial charge on any atom is -0.489 e. The van der Waals surface area contributed by atoms with Crippen LogP contribution in [0.3, 0.4) is 0 Å². The number of hydrogen-bond acceptors (Lipinski definition) is 4. The summed E-state index contributed by atoms with van der Waals surface area (Å²) < 4.78 is 5.98. The topological polar surface area (TPSA) is 51.4 Å². The molecular formula is C16H19N3O. The van der Waals surface area contributed by atoms with E-state index in [2.05, 4.69) is 16.0 Å². The van der Waals surface area contributed by atoms with Crippen molar-refractivity contribution in [3.05, 3.63) is 54.4 Å². The number of anilines is 1. The first-order chi connectivity index (χ1) is 9.79. The number of pyridine rings is 1. The Morgan fingerprint density at radius 1 is 1.25 bits per heavy atom. The van der Waals surface area contributed by atoms with E-state index in [1.54, 1.807) is 0 Å². The van der Waals surface area contributed by atoms with Gasteiger partial charge < -0.3 is 10.5 Å². The molecule has 0 amide bonds. The second-order valence-corrected chi connectivity index (χ2v) is 5.16. The molecule has 1 fully saturated rings. The Bertz CT molecular complexity index is 559. The molecule has 1 saturated heterocycles. The fourth-order valence-corrected chi connectivity index (χ4v) is 2.54. The van der Waals surface area contributed by atoms with E-state index in [1.807, 2.05) is 42.6 Å². The first-order valence-corrected chi connectivity index (χ1v) is 6.94. The maximum Gasteiger partial charge on any atom is 0.121 e. The minimum atomic E-state index is 0.237. The summed E-state index contributed by atoms with van der Waals surface area (Å²) in [6.45, 7) is 2.87. The number of nitrogen functional groups attached to an aromatic ring is 1. The zero-order valence-electron chi connectivity index (χ0n) is 11.4. The first kappa shape index (κ1) is 12.9. The van der Waals surface area contributed by atoms with Crippen molar-refractivity contribution >= 4 is 5.69 Å². The Kier molecular flexibility index (Phi) is 3.83. The van der Waals surface area contributed by atoms with Gasteiger partial charge in [0.25, 0.3) is 0 Å². The van der Waals surface area contributed by atoms with E-state index in [4.69, 9.17) is 10.5 Å². The third-order valence-corrected chi connectivity index (χ3v) is 3.50. The van der Waals surface area contributed by atoms with Crippen molar-refractivity contribution in [3.63, 3.8) is 0 Å². The van der Waals surface area contributed by atoms with Gasteiger partial charge in [-0.1, -0.05) is 12.1 Å². The Morgan fingerprint density at radius 3 is 3.00 bits per heavy atom. The summed E-state index contributed by atoms with van der Waals surface area (Å²) in [5.41, 5.74) is 7.61. The predicted octanol–water partition coefficient (Wildman–Crippen LogP) is 2.32. The maximum absolute atomic E-state index is 5.98. The normalized spacial score (nSPS) is 19.1. The lowest BCUT2D eigenvalue weighted by Crippen LogP contribution is -2.24. The van der Waals surface area contributed by atoms with Gasteiger partial charge in [-0.25, -0.2) is 0 Å². The molecule has 1 aromatic heterocycles. The van der Waals surface area contributed by atoms with Gasteiger partial charge in [0, 0.05) is 37.6 Å². The van der Waals surface area contributed by atoms with Crippen LogP contribution >= 0.6 is 0 Å². The molecule has 1 unspecified atom stereocenters. The molecule has 1 atom stereocenters. The number of benzene rings is 1. The van der Waals surface area contributed by atoms with Crippen LogP contribution in [0.5, 0.6) is 5.75 Å². The predicted molar refractivity (Wildman–Crippen MR) is 79.4 cm³/mol. The van der Waals surface area contributed by atoms with Crippen molar-refractivity contribution in [2.24, 2.45) is 0 Å². The lowest BCUT2D eigenvalue weighted by molar-refractivity contribution is 0.198. The SMILES string of the molecule is Nc1cccc(OC2CCN(Cc3ccccn3)C2)c1. The van der Waals surface area contributed by atoms with E-state index < -0.39 is 0 Å². The molecule has 0 radical (unpaired) electrons. The number of rotatable bonds is 4. The van der Waals surface area contributed by atoms with Crippen LogP contribution in [-0.4, -0.2) is 29.1 Å². The molecule has 0 saturated carbocycles. The molecule has 0 aliphatic carbocycles. The molecule has 1 aliphatic rings. The Labute approximate surface area is 119 Å². The third kappa shape index (κ3) is 3.27. The molecule has 2 N–H and O–H groups in total. The number of aromatic nitrogens is 1. The molecule has 2 heterocycles. The molecule has 3 rings (SSSR count). The quantitative estimate of drug-likeness (QED) is 0.865. The van der Waals surface area contributed by atoms with Crippen LogP contribution in [0, 0.1) is 0 Å². The highest BCUT2D eigenvalue weighted by atomic mass is 16.5. The largest absolute Gasteiger partial charge is 0.489 e. The van der Waals surface area contributed by atoms with Crippen LogP contribution in [0.1, 0.15) is 12.1 Å². The molecular weight excluding hydrogens is 250 g/mol. The van der Waals surface area contributed by atoms with E-state index in [1.165, 1.54) is 0 Å². The first-order valence-electron chi connectivity index (χ1n) is 6.94. The van der Waals surface area contributed by atoms with Gasteiger partial charge in [-0.3, -0.25) is 9.88 Å². The number of nitrogens with zero attached hydrogens (tertiary/aromatic N) is 2. The van der Waals surface area contributed by atoms with Crippen LogP contribution in [0.15, 0.2) is 48.7 Å². The van der Waals surface area contributed by atoms with Crippen molar-refractivity contribution < 1.29 is 4.74 Å². The maximum atomic E-state index is 5.98. The van der Waals surface area contributed by atoms with Gasteiger partial charge in [-0.05, 0) is 30.7 Å². The van der Waals surface area contributed by atoms with Gasteiger partial charge in [0.2, 0.25) is 0 Å². The van der Waals surface area contributed by atoms with Gasteiger partial charge in [-0.15, -0.1) is 0 Å². The number of nitrogens with two attached hydrogens (primary N) is 1. The van der Waals surface area contributed by atoms with Gasteiger partial charge in [0.05, 0.1) is 5.69 Å². The highest BCUT2D eigenvalue weighted by Gasteiger charge is 2.24. The average molecular weight is 269 g/mol. The smallest absolute Gasteiger partial charge is 0.121 e. The summed E-state index contributed by atoms with van der Waals surface area (Å²) in [5.74, 6) is 0.856. The fraction of sp³-hybridized carbons (Fsp3) is 0.312. The number of likely N-dealkylation sites (tertiary alicyclic amines) is 1.